The van der Waals surface area contributed by atoms with Gasteiger partial charge < -0.3 is 9.47 Å². The van der Waals surface area contributed by atoms with Gasteiger partial charge in [0.1, 0.15) is 5.75 Å². The summed E-state index contributed by atoms with van der Waals surface area (Å²) in [4.78, 5) is 11.4. The van der Waals surface area contributed by atoms with Gasteiger partial charge >= 0.3 is 12.3 Å². The molecule has 0 saturated carbocycles. The van der Waals surface area contributed by atoms with Crippen molar-refractivity contribution in [2.45, 2.75) is 6.36 Å². The second kappa shape index (κ2) is 5.57. The highest BCUT2D eigenvalue weighted by molar-refractivity contribution is 7.92. The van der Waals surface area contributed by atoms with Crippen LogP contribution < -0.4 is 9.46 Å². The summed E-state index contributed by atoms with van der Waals surface area (Å²) in [6.07, 6.45) is -4.15. The summed E-state index contributed by atoms with van der Waals surface area (Å²) < 4.78 is 68.5. The lowest BCUT2D eigenvalue weighted by Crippen LogP contribution is -2.18. The Balaban J connectivity index is 3.25. The largest absolute Gasteiger partial charge is 0.573 e. The third kappa shape index (κ3) is 4.96. The van der Waals surface area contributed by atoms with E-state index in [9.17, 15) is 26.4 Å². The molecule has 0 heterocycles. The van der Waals surface area contributed by atoms with Gasteiger partial charge in [-0.25, -0.2) is 13.2 Å². The Labute approximate surface area is 112 Å². The molecule has 0 aromatic heterocycles. The Morgan fingerprint density at radius 3 is 2.35 bits per heavy atom. The number of benzene rings is 1. The van der Waals surface area contributed by atoms with Crippen molar-refractivity contribution in [3.8, 4) is 5.75 Å². The molecule has 0 aliphatic heterocycles. The second-order valence-electron chi connectivity index (χ2n) is 3.62. The number of rotatable bonds is 4. The van der Waals surface area contributed by atoms with E-state index < -0.39 is 28.1 Å². The highest BCUT2D eigenvalue weighted by Gasteiger charge is 2.31. The van der Waals surface area contributed by atoms with Crippen molar-refractivity contribution in [1.29, 1.82) is 0 Å². The molecule has 0 aliphatic rings. The lowest BCUT2D eigenvalue weighted by molar-refractivity contribution is -0.274. The molecule has 1 aromatic carbocycles. The first-order valence-electron chi connectivity index (χ1n) is 4.98. The van der Waals surface area contributed by atoms with Crippen LogP contribution in [0.3, 0.4) is 0 Å². The highest BCUT2D eigenvalue weighted by atomic mass is 32.2. The monoisotopic (exact) mass is 313 g/mol. The smallest absolute Gasteiger partial charge is 0.465 e. The number of methoxy groups -OCH3 is 1. The van der Waals surface area contributed by atoms with Crippen molar-refractivity contribution >= 4 is 21.7 Å². The van der Waals surface area contributed by atoms with Gasteiger partial charge in [-0.05, 0) is 12.1 Å². The van der Waals surface area contributed by atoms with Crippen molar-refractivity contribution in [1.82, 2.24) is 0 Å². The average Bonchev–Trinajstić information content (AvgIpc) is 2.24. The van der Waals surface area contributed by atoms with E-state index in [1.165, 1.54) is 0 Å². The Morgan fingerprint density at radius 1 is 1.30 bits per heavy atom. The Bertz CT molecular complexity index is 612. The van der Waals surface area contributed by atoms with Crippen LogP contribution in [0.2, 0.25) is 0 Å². The van der Waals surface area contributed by atoms with Crippen LogP contribution in [0.25, 0.3) is 0 Å². The fourth-order valence-corrected chi connectivity index (χ4v) is 1.86. The maximum atomic E-state index is 12.1. The molecule has 0 fully saturated rings. The number of alkyl halides is 3. The summed E-state index contributed by atoms with van der Waals surface area (Å²) in [5.74, 6) is -1.58. The predicted molar refractivity (Wildman–Crippen MR) is 62.9 cm³/mol. The molecule has 0 aliphatic carbocycles. The van der Waals surface area contributed by atoms with E-state index in [1.54, 1.807) is 0 Å². The second-order valence-corrected chi connectivity index (χ2v) is 5.37. The zero-order chi connectivity index (χ0) is 15.6. The van der Waals surface area contributed by atoms with Crippen LogP contribution in [0.15, 0.2) is 18.2 Å². The minimum atomic E-state index is -4.94. The van der Waals surface area contributed by atoms with E-state index in [1.807, 2.05) is 4.72 Å². The minimum absolute atomic E-state index is 0.243. The molecule has 0 amide bonds. The first-order valence-corrected chi connectivity index (χ1v) is 6.87. The fourth-order valence-electron chi connectivity index (χ4n) is 1.29. The van der Waals surface area contributed by atoms with Gasteiger partial charge in [0.25, 0.3) is 0 Å². The first-order chi connectivity index (χ1) is 9.02. The van der Waals surface area contributed by atoms with Crippen LogP contribution in [-0.4, -0.2) is 34.1 Å². The summed E-state index contributed by atoms with van der Waals surface area (Å²) in [6.45, 7) is 0. The third-order valence-electron chi connectivity index (χ3n) is 1.93. The molecule has 0 spiro atoms. The van der Waals surface area contributed by atoms with Crippen molar-refractivity contribution in [2.24, 2.45) is 0 Å². The van der Waals surface area contributed by atoms with Gasteiger partial charge in [0.05, 0.1) is 24.6 Å². The zero-order valence-corrected chi connectivity index (χ0v) is 11.1. The van der Waals surface area contributed by atoms with Gasteiger partial charge in [-0.3, -0.25) is 4.72 Å². The highest BCUT2D eigenvalue weighted by Crippen LogP contribution is 2.28. The Hall–Kier alpha value is -1.97. The van der Waals surface area contributed by atoms with Crippen molar-refractivity contribution in [3.63, 3.8) is 0 Å². The first kappa shape index (κ1) is 16.1. The van der Waals surface area contributed by atoms with Gasteiger partial charge in [-0.2, -0.15) is 0 Å². The van der Waals surface area contributed by atoms with Gasteiger partial charge in [0, 0.05) is 6.07 Å². The number of ether oxygens (including phenoxy) is 2. The molecule has 1 rings (SSSR count). The summed E-state index contributed by atoms with van der Waals surface area (Å²) in [7, 11) is -2.75. The molecule has 0 bridgehead atoms. The van der Waals surface area contributed by atoms with Crippen molar-refractivity contribution in [2.75, 3.05) is 18.1 Å². The molecule has 0 saturated heterocycles. The molecular weight excluding hydrogens is 303 g/mol. The van der Waals surface area contributed by atoms with Crippen LogP contribution in [0, 0.1) is 0 Å². The third-order valence-corrected chi connectivity index (χ3v) is 2.52. The number of anilines is 1. The van der Waals surface area contributed by atoms with E-state index in [-0.39, 0.29) is 11.3 Å². The van der Waals surface area contributed by atoms with Crippen LogP contribution >= 0.6 is 0 Å². The number of hydrogen-bond donors (Lipinski definition) is 1. The van der Waals surface area contributed by atoms with E-state index >= 15 is 0 Å². The molecule has 1 aromatic rings. The standard InChI is InChI=1S/C10H10F3NO5S/c1-18-9(15)7-4-3-6(19-10(11,12)13)5-8(7)14-20(2,16)17/h3-5,14H,1-2H3. The van der Waals surface area contributed by atoms with Crippen LogP contribution in [0.4, 0.5) is 18.9 Å². The average molecular weight is 313 g/mol. The molecular formula is C10H10F3NO5S. The Morgan fingerprint density at radius 2 is 1.90 bits per heavy atom. The minimum Gasteiger partial charge on any atom is -0.465 e. The summed E-state index contributed by atoms with van der Waals surface area (Å²) in [6, 6.07) is 2.56. The number of halogens is 3. The van der Waals surface area contributed by atoms with E-state index in [0.717, 1.165) is 31.6 Å². The van der Waals surface area contributed by atoms with Crippen molar-refractivity contribution in [3.05, 3.63) is 23.8 Å². The van der Waals surface area contributed by atoms with E-state index in [0.29, 0.717) is 0 Å². The molecule has 20 heavy (non-hydrogen) atoms. The topological polar surface area (TPSA) is 81.7 Å². The maximum absolute atomic E-state index is 12.1. The number of hydrogen-bond acceptors (Lipinski definition) is 5. The normalized spacial score (nSPS) is 11.8. The molecule has 0 atom stereocenters. The number of esters is 1. The number of carbonyl (C=O) groups is 1. The quantitative estimate of drug-likeness (QED) is 0.856. The van der Waals surface area contributed by atoms with E-state index in [4.69, 9.17) is 0 Å². The lowest BCUT2D eigenvalue weighted by atomic mass is 10.2. The summed E-state index contributed by atoms with van der Waals surface area (Å²) in [5, 5.41) is 0. The summed E-state index contributed by atoms with van der Waals surface area (Å²) >= 11 is 0. The molecule has 112 valence electrons. The van der Waals surface area contributed by atoms with Crippen LogP contribution in [-0.2, 0) is 14.8 Å². The maximum Gasteiger partial charge on any atom is 0.573 e. The molecule has 10 heteroatoms. The van der Waals surface area contributed by atoms with Gasteiger partial charge in [0.2, 0.25) is 10.0 Å². The number of carbonyl (C=O) groups excluding carboxylic acids is 1. The van der Waals surface area contributed by atoms with Crippen LogP contribution in [0.1, 0.15) is 10.4 Å². The molecule has 1 N–H and O–H groups in total. The zero-order valence-electron chi connectivity index (χ0n) is 10.3. The fraction of sp³-hybridized carbons (Fsp3) is 0.300. The Kier molecular flexibility index (Phi) is 4.48. The van der Waals surface area contributed by atoms with Crippen molar-refractivity contribution < 1.29 is 35.9 Å². The SMILES string of the molecule is COC(=O)c1ccc(OC(F)(F)F)cc1NS(C)(=O)=O. The molecule has 0 radical (unpaired) electrons. The van der Waals surface area contributed by atoms with Gasteiger partial charge in [-0.15, -0.1) is 13.2 Å². The number of nitrogens with one attached hydrogen (secondary N) is 1. The van der Waals surface area contributed by atoms with Crippen LogP contribution in [0.5, 0.6) is 5.75 Å². The predicted octanol–water partition coefficient (Wildman–Crippen LogP) is 1.74. The lowest BCUT2D eigenvalue weighted by Gasteiger charge is -2.13. The van der Waals surface area contributed by atoms with Gasteiger partial charge in [0.15, 0.2) is 0 Å². The number of sulfonamides is 1. The molecule has 0 unspecified atom stereocenters. The van der Waals surface area contributed by atoms with Gasteiger partial charge in [-0.1, -0.05) is 0 Å². The summed E-state index contributed by atoms with van der Waals surface area (Å²) in [5.41, 5.74) is -0.617. The molecule has 6 nitrogen and oxygen atoms in total. The van der Waals surface area contributed by atoms with E-state index in [2.05, 4.69) is 9.47 Å².